The van der Waals surface area contributed by atoms with Gasteiger partial charge in [-0.2, -0.15) is 8.42 Å². The van der Waals surface area contributed by atoms with Crippen molar-refractivity contribution in [2.24, 2.45) is 5.73 Å². The van der Waals surface area contributed by atoms with Gasteiger partial charge < -0.3 is 21.5 Å². The molecule has 6 N–H and O–H groups in total. The number of carbonyl (C=O) groups is 2. The van der Waals surface area contributed by atoms with Gasteiger partial charge in [0.1, 0.15) is 0 Å². The smallest absolute Gasteiger partial charge is 0.318 e. The Kier molecular flexibility index (Phi) is 7.35. The summed E-state index contributed by atoms with van der Waals surface area (Å²) in [5.74, 6) is -0.968. The summed E-state index contributed by atoms with van der Waals surface area (Å²) in [6.07, 6.45) is 0. The van der Waals surface area contributed by atoms with Crippen molar-refractivity contribution in [1.82, 2.24) is 5.32 Å². The molecule has 1 rings (SSSR count). The quantitative estimate of drug-likeness (QED) is 0.491. The molecule has 0 saturated heterocycles. The van der Waals surface area contributed by atoms with Gasteiger partial charge in [0, 0.05) is 12.7 Å². The monoisotopic (exact) mass is 319 g/mol. The molecule has 0 aliphatic heterocycles. The van der Waals surface area contributed by atoms with Gasteiger partial charge in [-0.25, -0.2) is 4.79 Å². The molecule has 0 radical (unpaired) electrons. The lowest BCUT2D eigenvalue weighted by atomic mass is 10.2. The van der Waals surface area contributed by atoms with Gasteiger partial charge in [-0.05, 0) is 24.6 Å². The Morgan fingerprint density at radius 1 is 1.33 bits per heavy atom. The van der Waals surface area contributed by atoms with Crippen LogP contribution in [0.25, 0.3) is 0 Å². The maximum absolute atomic E-state index is 11.0. The van der Waals surface area contributed by atoms with Crippen LogP contribution in [-0.2, 0) is 14.9 Å². The normalized spacial score (nSPS) is 10.1. The van der Waals surface area contributed by atoms with Crippen LogP contribution < -0.4 is 16.4 Å². The summed E-state index contributed by atoms with van der Waals surface area (Å²) < 4.78 is 30.9. The predicted octanol–water partition coefficient (Wildman–Crippen LogP) is 0.0227. The third kappa shape index (κ3) is 7.25. The maximum Gasteiger partial charge on any atom is 0.318 e. The number of nitrogens with two attached hydrogens (primary N) is 1. The Morgan fingerprint density at radius 3 is 2.24 bits per heavy atom. The molecule has 0 aliphatic rings. The van der Waals surface area contributed by atoms with E-state index in [-0.39, 0.29) is 17.1 Å². The van der Waals surface area contributed by atoms with Gasteiger partial charge in [-0.1, -0.05) is 6.07 Å². The van der Waals surface area contributed by atoms with E-state index in [0.29, 0.717) is 5.56 Å². The van der Waals surface area contributed by atoms with E-state index in [1.165, 1.54) is 19.2 Å². The van der Waals surface area contributed by atoms with Gasteiger partial charge in [-0.3, -0.25) is 9.35 Å². The summed E-state index contributed by atoms with van der Waals surface area (Å²) in [7, 11) is -2.83. The van der Waals surface area contributed by atoms with E-state index < -0.39 is 22.1 Å². The first-order valence-electron chi connectivity index (χ1n) is 5.60. The second-order valence-corrected chi connectivity index (χ2v) is 5.15. The molecule has 2 amide bonds. The second kappa shape index (κ2) is 8.19. The molecule has 0 aromatic heterocycles. The van der Waals surface area contributed by atoms with Crippen molar-refractivity contribution in [3.05, 3.63) is 23.8 Å². The Morgan fingerprint density at radius 2 is 1.86 bits per heavy atom. The molecule has 0 fully saturated rings. The van der Waals surface area contributed by atoms with Crippen LogP contribution in [-0.4, -0.2) is 43.7 Å². The van der Waals surface area contributed by atoms with Crippen molar-refractivity contribution in [3.8, 4) is 0 Å². The highest BCUT2D eigenvalue weighted by atomic mass is 32.2. The molecule has 21 heavy (non-hydrogen) atoms. The molecule has 0 heterocycles. The third-order valence-corrected chi connectivity index (χ3v) is 3.12. The van der Waals surface area contributed by atoms with E-state index in [1.807, 2.05) is 0 Å². The number of urea groups is 1. The van der Waals surface area contributed by atoms with E-state index in [4.69, 9.17) is 9.66 Å². The van der Waals surface area contributed by atoms with Crippen LogP contribution in [0.4, 0.5) is 10.5 Å². The average molecular weight is 319 g/mol. The number of carboxylic acids is 1. The molecule has 0 unspecified atom stereocenters. The van der Waals surface area contributed by atoms with E-state index >= 15 is 0 Å². The van der Waals surface area contributed by atoms with Crippen LogP contribution in [0, 0.1) is 6.92 Å². The number of hydrogen-bond donors (Lipinski definition) is 5. The Hall–Kier alpha value is -2.17. The van der Waals surface area contributed by atoms with Gasteiger partial charge in [-0.15, -0.1) is 0 Å². The Bertz CT molecular complexity index is 614. The van der Waals surface area contributed by atoms with E-state index in [2.05, 4.69) is 16.4 Å². The Labute approximate surface area is 121 Å². The number of nitrogens with one attached hydrogen (secondary N) is 2. The first kappa shape index (κ1) is 18.8. The van der Waals surface area contributed by atoms with Crippen LogP contribution in [0.5, 0.6) is 0 Å². The summed E-state index contributed by atoms with van der Waals surface area (Å²) in [5, 5.41) is 12.3. The van der Waals surface area contributed by atoms with Gasteiger partial charge in [0.25, 0.3) is 10.1 Å². The molecule has 0 saturated carbocycles. The van der Waals surface area contributed by atoms with E-state index in [0.717, 1.165) is 0 Å². The maximum atomic E-state index is 11.0. The van der Waals surface area contributed by atoms with Gasteiger partial charge >= 0.3 is 12.0 Å². The minimum absolute atomic E-state index is 0.221. The zero-order valence-electron chi connectivity index (χ0n) is 11.5. The summed E-state index contributed by atoms with van der Waals surface area (Å²) in [6.45, 7) is 1.27. The lowest BCUT2D eigenvalue weighted by molar-refractivity contribution is -0.135. The van der Waals surface area contributed by atoms with Gasteiger partial charge in [0.2, 0.25) is 0 Å². The molecule has 10 heteroatoms. The predicted molar refractivity (Wildman–Crippen MR) is 75.8 cm³/mol. The van der Waals surface area contributed by atoms with E-state index in [1.54, 1.807) is 13.0 Å². The van der Waals surface area contributed by atoms with Crippen molar-refractivity contribution in [2.45, 2.75) is 11.8 Å². The second-order valence-electron chi connectivity index (χ2n) is 3.76. The molecule has 9 nitrogen and oxygen atoms in total. The minimum Gasteiger partial charge on any atom is -0.480 e. The number of aliphatic carboxylic acids is 1. The molecule has 1 aromatic carbocycles. The topological polar surface area (TPSA) is 159 Å². The number of aryl methyl sites for hydroxylation is 1. The van der Waals surface area contributed by atoms with Crippen molar-refractivity contribution >= 4 is 27.8 Å². The number of amides is 2. The van der Waals surface area contributed by atoms with Crippen LogP contribution in [0.2, 0.25) is 0 Å². The fourth-order valence-corrected chi connectivity index (χ4v) is 1.90. The highest BCUT2D eigenvalue weighted by Gasteiger charge is 2.14. The molecular weight excluding hydrogens is 302 g/mol. The number of carbonyl (C=O) groups excluding carboxylic acids is 1. The molecule has 0 bridgehead atoms. The Balaban J connectivity index is 0.000000690. The van der Waals surface area contributed by atoms with Crippen molar-refractivity contribution in [2.75, 3.05) is 18.9 Å². The number of hydrogen-bond acceptors (Lipinski definition) is 5. The number of benzene rings is 1. The van der Waals surface area contributed by atoms with Crippen molar-refractivity contribution in [3.63, 3.8) is 0 Å². The van der Waals surface area contributed by atoms with E-state index in [9.17, 15) is 18.0 Å². The van der Waals surface area contributed by atoms with Gasteiger partial charge in [0.15, 0.2) is 0 Å². The lowest BCUT2D eigenvalue weighted by Gasteiger charge is -2.07. The first-order valence-corrected chi connectivity index (χ1v) is 7.04. The third-order valence-electron chi connectivity index (χ3n) is 2.13. The summed E-state index contributed by atoms with van der Waals surface area (Å²) >= 11 is 0. The molecule has 0 spiro atoms. The number of anilines is 1. The van der Waals surface area contributed by atoms with Gasteiger partial charge in [0.05, 0.1) is 11.4 Å². The molecule has 118 valence electrons. The average Bonchev–Trinajstić information content (AvgIpc) is 2.40. The molecule has 0 atom stereocenters. The van der Waals surface area contributed by atoms with Crippen LogP contribution in [0.1, 0.15) is 5.56 Å². The molecule has 1 aromatic rings. The number of rotatable bonds is 3. The summed E-state index contributed by atoms with van der Waals surface area (Å²) in [4.78, 5) is 20.0. The molecule has 0 aliphatic carbocycles. The van der Waals surface area contributed by atoms with Crippen LogP contribution in [0.15, 0.2) is 23.1 Å². The SMILES string of the molecule is CNC(=O)Nc1ccc(C)c(S(=O)(=O)O)c1.NCC(=O)O. The zero-order chi connectivity index (χ0) is 16.6. The molecular formula is C11H17N3O6S. The summed E-state index contributed by atoms with van der Waals surface area (Å²) in [5.41, 5.74) is 5.27. The lowest BCUT2D eigenvalue weighted by Crippen LogP contribution is -2.24. The zero-order valence-corrected chi connectivity index (χ0v) is 12.3. The first-order chi connectivity index (χ1) is 9.61. The minimum atomic E-state index is -4.27. The van der Waals surface area contributed by atoms with Crippen molar-refractivity contribution < 1.29 is 27.7 Å². The fourth-order valence-electron chi connectivity index (χ4n) is 1.15. The summed E-state index contributed by atoms with van der Waals surface area (Å²) in [6, 6.07) is 3.76. The standard InChI is InChI=1S/C9H12N2O4S.C2H5NO2/c1-6-3-4-7(11-9(12)10-2)5-8(6)16(13,14)15;3-1-2(4)5/h3-5H,1-2H3,(H2,10,11,12)(H,13,14,15);1,3H2,(H,4,5). The number of carboxylic acid groups (broad SMARTS) is 1. The fraction of sp³-hybridized carbons (Fsp3) is 0.273. The van der Waals surface area contributed by atoms with Crippen LogP contribution in [0.3, 0.4) is 0 Å². The van der Waals surface area contributed by atoms with Crippen LogP contribution >= 0.6 is 0 Å². The highest BCUT2D eigenvalue weighted by Crippen LogP contribution is 2.19. The highest BCUT2D eigenvalue weighted by molar-refractivity contribution is 7.85. The largest absolute Gasteiger partial charge is 0.480 e. The van der Waals surface area contributed by atoms with Crippen molar-refractivity contribution in [1.29, 1.82) is 0 Å².